The molecule has 0 aromatic carbocycles. The van der Waals surface area contributed by atoms with Crippen molar-refractivity contribution in [3.63, 3.8) is 0 Å². The maximum atomic E-state index is 4.70. The first-order chi connectivity index (χ1) is 14.2. The number of piperidine rings is 1. The van der Waals surface area contributed by atoms with Crippen LogP contribution in [0.25, 0.3) is 0 Å². The number of hydrogen-bond donors (Lipinski definition) is 0. The fraction of sp³-hybridized carbons (Fsp3) is 0.636. The lowest BCUT2D eigenvalue weighted by Gasteiger charge is -2.40. The fourth-order valence-electron chi connectivity index (χ4n) is 4.88. The summed E-state index contributed by atoms with van der Waals surface area (Å²) in [6.07, 6.45) is 13.1. The highest BCUT2D eigenvalue weighted by atomic mass is 15.3. The Morgan fingerprint density at radius 3 is 2.28 bits per heavy atom. The highest BCUT2D eigenvalue weighted by molar-refractivity contribution is 5.53. The van der Waals surface area contributed by atoms with Crippen LogP contribution in [0.3, 0.4) is 0 Å². The average molecular weight is 394 g/mol. The molecule has 2 fully saturated rings. The molecule has 3 aliphatic rings. The first-order valence-electron chi connectivity index (χ1n) is 11.1. The Morgan fingerprint density at radius 2 is 1.52 bits per heavy atom. The van der Waals surface area contributed by atoms with Crippen LogP contribution in [0.15, 0.2) is 18.7 Å². The summed E-state index contributed by atoms with van der Waals surface area (Å²) in [6, 6.07) is 3.33. The van der Waals surface area contributed by atoms with Crippen LogP contribution < -0.4 is 14.7 Å². The normalized spacial score (nSPS) is 19.7. The van der Waals surface area contributed by atoms with Gasteiger partial charge >= 0.3 is 0 Å². The molecule has 2 aliphatic carbocycles. The molecule has 0 N–H and O–H groups in total. The first kappa shape index (κ1) is 18.6. The van der Waals surface area contributed by atoms with Gasteiger partial charge in [-0.3, -0.25) is 0 Å². The summed E-state index contributed by atoms with van der Waals surface area (Å²) in [7, 11) is 4.07. The van der Waals surface area contributed by atoms with E-state index in [0.29, 0.717) is 12.1 Å². The summed E-state index contributed by atoms with van der Waals surface area (Å²) in [5, 5.41) is 0. The summed E-state index contributed by atoms with van der Waals surface area (Å²) >= 11 is 0. The van der Waals surface area contributed by atoms with E-state index in [4.69, 9.17) is 4.98 Å². The molecule has 154 valence electrons. The van der Waals surface area contributed by atoms with Gasteiger partial charge in [0.15, 0.2) is 0 Å². The van der Waals surface area contributed by atoms with Gasteiger partial charge in [0.25, 0.3) is 0 Å². The monoisotopic (exact) mass is 393 g/mol. The Kier molecular flexibility index (Phi) is 4.97. The van der Waals surface area contributed by atoms with Crippen molar-refractivity contribution < 1.29 is 0 Å². The lowest BCUT2D eigenvalue weighted by molar-refractivity contribution is 0.456. The van der Waals surface area contributed by atoms with Gasteiger partial charge in [-0.15, -0.1) is 0 Å². The number of aromatic nitrogens is 4. The van der Waals surface area contributed by atoms with Crippen LogP contribution in [-0.2, 0) is 12.8 Å². The van der Waals surface area contributed by atoms with Crippen LogP contribution in [0.4, 0.5) is 17.5 Å². The van der Waals surface area contributed by atoms with E-state index in [1.54, 1.807) is 12.7 Å². The molecule has 2 aromatic heterocycles. The molecule has 0 radical (unpaired) electrons. The Labute approximate surface area is 173 Å². The van der Waals surface area contributed by atoms with Gasteiger partial charge in [0.05, 0.1) is 0 Å². The molecule has 29 heavy (non-hydrogen) atoms. The van der Waals surface area contributed by atoms with E-state index >= 15 is 0 Å². The van der Waals surface area contributed by atoms with E-state index in [-0.39, 0.29) is 0 Å². The number of nitrogens with zero attached hydrogens (tertiary/aromatic N) is 7. The summed E-state index contributed by atoms with van der Waals surface area (Å²) in [4.78, 5) is 25.4. The third-order valence-electron chi connectivity index (χ3n) is 6.56. The second kappa shape index (κ2) is 7.76. The predicted octanol–water partition coefficient (Wildman–Crippen LogP) is 2.85. The molecule has 0 atom stereocenters. The Morgan fingerprint density at radius 1 is 0.828 bits per heavy atom. The maximum absolute atomic E-state index is 4.70. The van der Waals surface area contributed by atoms with Crippen molar-refractivity contribution in [2.75, 3.05) is 41.9 Å². The second-order valence-corrected chi connectivity index (χ2v) is 8.82. The van der Waals surface area contributed by atoms with Crippen molar-refractivity contribution in [3.05, 3.63) is 30.0 Å². The van der Waals surface area contributed by atoms with Gasteiger partial charge in [0.1, 0.15) is 30.1 Å². The van der Waals surface area contributed by atoms with Crippen molar-refractivity contribution in [1.29, 1.82) is 0 Å². The SMILES string of the molecule is CN(C)c1cc(N(C2CC2)C2CCN(c3ncnc4c3CCCC4)CC2)ncn1. The summed E-state index contributed by atoms with van der Waals surface area (Å²) in [6.45, 7) is 2.12. The van der Waals surface area contributed by atoms with Gasteiger partial charge in [-0.05, 0) is 51.4 Å². The molecule has 1 aliphatic heterocycles. The lowest BCUT2D eigenvalue weighted by atomic mass is 9.95. The van der Waals surface area contributed by atoms with Gasteiger partial charge in [-0.2, -0.15) is 0 Å². The topological polar surface area (TPSA) is 61.3 Å². The molecule has 2 aromatic rings. The van der Waals surface area contributed by atoms with E-state index in [2.05, 4.69) is 35.7 Å². The number of anilines is 3. The van der Waals surface area contributed by atoms with Gasteiger partial charge in [-0.1, -0.05) is 0 Å². The van der Waals surface area contributed by atoms with Crippen LogP contribution in [0.5, 0.6) is 0 Å². The molecule has 1 saturated heterocycles. The van der Waals surface area contributed by atoms with E-state index in [1.807, 2.05) is 14.1 Å². The Hall–Kier alpha value is -2.44. The third kappa shape index (κ3) is 3.74. The maximum Gasteiger partial charge on any atom is 0.135 e. The van der Waals surface area contributed by atoms with E-state index in [9.17, 15) is 0 Å². The summed E-state index contributed by atoms with van der Waals surface area (Å²) in [5.41, 5.74) is 2.68. The number of hydrogen-bond acceptors (Lipinski definition) is 7. The minimum Gasteiger partial charge on any atom is -0.363 e. The quantitative estimate of drug-likeness (QED) is 0.774. The van der Waals surface area contributed by atoms with Crippen LogP contribution in [0.1, 0.15) is 49.8 Å². The molecular formula is C22H31N7. The Bertz CT molecular complexity index is 856. The van der Waals surface area contributed by atoms with Crippen molar-refractivity contribution >= 4 is 17.5 Å². The number of fused-ring (bicyclic) bond motifs is 1. The lowest BCUT2D eigenvalue weighted by Crippen LogP contribution is -2.47. The van der Waals surface area contributed by atoms with Crippen molar-refractivity contribution in [1.82, 2.24) is 19.9 Å². The minimum absolute atomic E-state index is 0.543. The van der Waals surface area contributed by atoms with E-state index in [0.717, 1.165) is 50.4 Å². The standard InChI is InChI=1S/C22H31N7/c1-27(2)20-13-21(25-15-24-20)29(16-7-8-16)17-9-11-28(12-10-17)22-18-5-3-4-6-19(18)23-14-26-22/h13-17H,3-12H2,1-2H3. The molecule has 0 spiro atoms. The molecular weight excluding hydrogens is 362 g/mol. The molecule has 3 heterocycles. The number of rotatable bonds is 5. The zero-order valence-electron chi connectivity index (χ0n) is 17.6. The highest BCUT2D eigenvalue weighted by Crippen LogP contribution is 2.37. The summed E-state index contributed by atoms with van der Waals surface area (Å²) in [5.74, 6) is 3.26. The largest absolute Gasteiger partial charge is 0.363 e. The predicted molar refractivity (Wildman–Crippen MR) is 116 cm³/mol. The van der Waals surface area contributed by atoms with Gasteiger partial charge in [0, 0.05) is 56.6 Å². The zero-order chi connectivity index (χ0) is 19.8. The summed E-state index contributed by atoms with van der Waals surface area (Å²) < 4.78 is 0. The van der Waals surface area contributed by atoms with Crippen molar-refractivity contribution in [2.24, 2.45) is 0 Å². The van der Waals surface area contributed by atoms with E-state index < -0.39 is 0 Å². The molecule has 7 heteroatoms. The Balaban J connectivity index is 1.32. The number of aryl methyl sites for hydroxylation is 1. The van der Waals surface area contributed by atoms with Crippen LogP contribution in [-0.4, -0.2) is 59.2 Å². The molecule has 5 rings (SSSR count). The fourth-order valence-corrected chi connectivity index (χ4v) is 4.88. The van der Waals surface area contributed by atoms with Gasteiger partial charge in [-0.25, -0.2) is 19.9 Å². The average Bonchev–Trinajstić information content (AvgIpc) is 3.59. The zero-order valence-corrected chi connectivity index (χ0v) is 17.6. The molecule has 0 bridgehead atoms. The molecule has 1 saturated carbocycles. The second-order valence-electron chi connectivity index (χ2n) is 8.82. The van der Waals surface area contributed by atoms with Crippen molar-refractivity contribution in [3.8, 4) is 0 Å². The van der Waals surface area contributed by atoms with Gasteiger partial charge < -0.3 is 14.7 Å². The third-order valence-corrected chi connectivity index (χ3v) is 6.56. The van der Waals surface area contributed by atoms with Crippen molar-refractivity contribution in [2.45, 2.75) is 63.5 Å². The molecule has 7 nitrogen and oxygen atoms in total. The minimum atomic E-state index is 0.543. The molecule has 0 amide bonds. The van der Waals surface area contributed by atoms with Gasteiger partial charge in [0.2, 0.25) is 0 Å². The molecule has 0 unspecified atom stereocenters. The van der Waals surface area contributed by atoms with Crippen LogP contribution in [0.2, 0.25) is 0 Å². The first-order valence-corrected chi connectivity index (χ1v) is 11.1. The van der Waals surface area contributed by atoms with Crippen LogP contribution >= 0.6 is 0 Å². The highest BCUT2D eigenvalue weighted by Gasteiger charge is 2.37. The van der Waals surface area contributed by atoms with Crippen LogP contribution in [0, 0.1) is 0 Å². The smallest absolute Gasteiger partial charge is 0.135 e. The van der Waals surface area contributed by atoms with E-state index in [1.165, 1.54) is 42.8 Å².